The zero-order valence-electron chi connectivity index (χ0n) is 11.8. The molecule has 0 fully saturated rings. The van der Waals surface area contributed by atoms with Crippen LogP contribution in [0.5, 0.6) is 0 Å². The number of halogens is 1. The predicted molar refractivity (Wildman–Crippen MR) is 71.2 cm³/mol. The first kappa shape index (κ1) is 13.0. The van der Waals surface area contributed by atoms with Crippen LogP contribution in [0.25, 0.3) is 11.0 Å². The van der Waals surface area contributed by atoms with E-state index in [9.17, 15) is 4.39 Å². The Morgan fingerprint density at radius 3 is 2.11 bits per heavy atom. The van der Waals surface area contributed by atoms with Gasteiger partial charge in [-0.2, -0.15) is 4.39 Å². The average Bonchev–Trinajstić information content (AvgIpc) is 2.52. The quantitative estimate of drug-likeness (QED) is 0.773. The molecule has 3 nitrogen and oxygen atoms in total. The lowest BCUT2D eigenvalue weighted by atomic mass is 9.88. The highest BCUT2D eigenvalue weighted by Gasteiger charge is 2.26. The molecule has 0 bridgehead atoms. The van der Waals surface area contributed by atoms with E-state index in [2.05, 4.69) is 56.5 Å². The van der Waals surface area contributed by atoms with Gasteiger partial charge in [-0.15, -0.1) is 0 Å². The third-order valence-electron chi connectivity index (χ3n) is 2.84. The molecule has 2 rings (SSSR count). The summed E-state index contributed by atoms with van der Waals surface area (Å²) in [6.45, 7) is 12.4. The van der Waals surface area contributed by atoms with Crippen molar-refractivity contribution in [1.29, 1.82) is 0 Å². The van der Waals surface area contributed by atoms with Crippen LogP contribution < -0.4 is 0 Å². The van der Waals surface area contributed by atoms with Crippen LogP contribution in [0, 0.1) is 5.95 Å². The first-order valence-corrected chi connectivity index (χ1v) is 6.16. The highest BCUT2D eigenvalue weighted by molar-refractivity contribution is 5.79. The second-order valence-electron chi connectivity index (χ2n) is 6.78. The van der Waals surface area contributed by atoms with E-state index in [1.54, 1.807) is 0 Å². The van der Waals surface area contributed by atoms with Crippen LogP contribution in [0.15, 0.2) is 6.07 Å². The smallest absolute Gasteiger partial charge is 0.193 e. The van der Waals surface area contributed by atoms with Crippen molar-refractivity contribution in [3.8, 4) is 0 Å². The summed E-state index contributed by atoms with van der Waals surface area (Å²) in [7, 11) is 0. The summed E-state index contributed by atoms with van der Waals surface area (Å²) in [6.07, 6.45) is 0. The molecule has 0 saturated carbocycles. The summed E-state index contributed by atoms with van der Waals surface area (Å²) in [6, 6.07) is 1.47. The minimum absolute atomic E-state index is 0.143. The number of fused-ring (bicyclic) bond motifs is 1. The molecule has 0 unspecified atom stereocenters. The Morgan fingerprint density at radius 1 is 1.00 bits per heavy atom. The molecule has 2 aromatic heterocycles. The summed E-state index contributed by atoms with van der Waals surface area (Å²) in [4.78, 5) is 11.8. The Hall–Kier alpha value is -1.45. The maximum Gasteiger partial charge on any atom is 0.193 e. The largest absolute Gasteiger partial charge is 0.316 e. The summed E-state index contributed by atoms with van der Waals surface area (Å²) >= 11 is 0. The molecule has 0 aliphatic rings. The molecule has 0 radical (unpaired) electrons. The third kappa shape index (κ3) is 2.24. The molecule has 0 aliphatic carbocycles. The van der Waals surface area contributed by atoms with Crippen molar-refractivity contribution >= 4 is 11.0 Å². The first-order chi connectivity index (χ1) is 8.09. The minimum Gasteiger partial charge on any atom is -0.316 e. The first-order valence-electron chi connectivity index (χ1n) is 6.16. The van der Waals surface area contributed by atoms with Gasteiger partial charge in [-0.1, -0.05) is 41.5 Å². The molecule has 0 amide bonds. The van der Waals surface area contributed by atoms with Crippen LogP contribution in [0.3, 0.4) is 0 Å². The predicted octanol–water partition coefficient (Wildman–Crippen LogP) is 3.69. The third-order valence-corrected chi connectivity index (χ3v) is 2.84. The molecule has 4 heteroatoms. The number of aromatic amines is 1. The lowest BCUT2D eigenvalue weighted by molar-refractivity contribution is 0.520. The van der Waals surface area contributed by atoms with Gasteiger partial charge >= 0.3 is 0 Å². The van der Waals surface area contributed by atoms with Gasteiger partial charge < -0.3 is 4.98 Å². The standard InChI is InChI=1S/C14H20FN3/c1-13(2,3)10-8-7-9(15)16-11(8)18-12(17-10)14(4,5)6/h7H,1-6H3,(H,16,17,18). The fourth-order valence-electron chi connectivity index (χ4n) is 1.88. The molecular formula is C14H20FN3. The second-order valence-corrected chi connectivity index (χ2v) is 6.78. The van der Waals surface area contributed by atoms with Crippen LogP contribution in [0.1, 0.15) is 53.1 Å². The Morgan fingerprint density at radius 2 is 1.61 bits per heavy atom. The maximum absolute atomic E-state index is 13.4. The number of hydrogen-bond acceptors (Lipinski definition) is 2. The summed E-state index contributed by atoms with van der Waals surface area (Å²) < 4.78 is 13.4. The van der Waals surface area contributed by atoms with Crippen molar-refractivity contribution in [1.82, 2.24) is 15.0 Å². The van der Waals surface area contributed by atoms with Crippen LogP contribution in [0.4, 0.5) is 4.39 Å². The molecule has 0 spiro atoms. The van der Waals surface area contributed by atoms with Gasteiger partial charge in [0.1, 0.15) is 11.5 Å². The summed E-state index contributed by atoms with van der Waals surface area (Å²) in [5.41, 5.74) is 1.17. The lowest BCUT2D eigenvalue weighted by Crippen LogP contribution is -2.21. The highest BCUT2D eigenvalue weighted by Crippen LogP contribution is 2.30. The maximum atomic E-state index is 13.4. The number of nitrogens with one attached hydrogen (secondary N) is 1. The monoisotopic (exact) mass is 249 g/mol. The van der Waals surface area contributed by atoms with E-state index in [0.29, 0.717) is 5.65 Å². The van der Waals surface area contributed by atoms with E-state index in [1.165, 1.54) is 6.07 Å². The van der Waals surface area contributed by atoms with Gasteiger partial charge in [0.25, 0.3) is 0 Å². The van der Waals surface area contributed by atoms with Crippen LogP contribution >= 0.6 is 0 Å². The number of hydrogen-bond donors (Lipinski definition) is 1. The lowest BCUT2D eigenvalue weighted by Gasteiger charge is -2.23. The van der Waals surface area contributed by atoms with Gasteiger partial charge in [0.2, 0.25) is 0 Å². The second kappa shape index (κ2) is 3.77. The minimum atomic E-state index is -0.365. The van der Waals surface area contributed by atoms with E-state index in [0.717, 1.165) is 16.9 Å². The number of H-pyrrole nitrogens is 1. The topological polar surface area (TPSA) is 41.6 Å². The SMILES string of the molecule is CC(C)(C)c1nc(C(C)(C)C)c2cc(F)[nH]c2n1. The van der Waals surface area contributed by atoms with Crippen molar-refractivity contribution in [3.05, 3.63) is 23.5 Å². The zero-order chi connectivity index (χ0) is 13.7. The molecule has 0 aliphatic heterocycles. The Kier molecular flexibility index (Phi) is 2.72. The molecule has 0 aromatic carbocycles. The van der Waals surface area contributed by atoms with E-state index in [1.807, 2.05) is 0 Å². The van der Waals surface area contributed by atoms with E-state index >= 15 is 0 Å². The molecule has 0 saturated heterocycles. The van der Waals surface area contributed by atoms with Gasteiger partial charge in [0.15, 0.2) is 5.95 Å². The van der Waals surface area contributed by atoms with Crippen molar-refractivity contribution in [3.63, 3.8) is 0 Å². The van der Waals surface area contributed by atoms with Crippen LogP contribution in [0.2, 0.25) is 0 Å². The van der Waals surface area contributed by atoms with Gasteiger partial charge in [0, 0.05) is 22.3 Å². The number of aromatic nitrogens is 3. The van der Waals surface area contributed by atoms with Gasteiger partial charge in [0.05, 0.1) is 5.69 Å². The van der Waals surface area contributed by atoms with Gasteiger partial charge in [-0.05, 0) is 0 Å². The van der Waals surface area contributed by atoms with E-state index < -0.39 is 0 Å². The fourth-order valence-corrected chi connectivity index (χ4v) is 1.88. The van der Waals surface area contributed by atoms with Crippen molar-refractivity contribution in [2.45, 2.75) is 52.4 Å². The molecule has 1 N–H and O–H groups in total. The molecule has 18 heavy (non-hydrogen) atoms. The Balaban J connectivity index is 2.81. The van der Waals surface area contributed by atoms with Gasteiger partial charge in [-0.25, -0.2) is 9.97 Å². The average molecular weight is 249 g/mol. The summed E-state index contributed by atoms with van der Waals surface area (Å²) in [5.74, 6) is 0.373. The van der Waals surface area contributed by atoms with Crippen molar-refractivity contribution in [2.75, 3.05) is 0 Å². The van der Waals surface area contributed by atoms with E-state index in [4.69, 9.17) is 0 Å². The molecule has 0 atom stereocenters. The van der Waals surface area contributed by atoms with Gasteiger partial charge in [-0.3, -0.25) is 0 Å². The van der Waals surface area contributed by atoms with Crippen LogP contribution in [-0.4, -0.2) is 15.0 Å². The summed E-state index contributed by atoms with van der Waals surface area (Å²) in [5, 5.41) is 0.771. The molecule has 2 heterocycles. The fraction of sp³-hybridized carbons (Fsp3) is 0.571. The van der Waals surface area contributed by atoms with Crippen molar-refractivity contribution in [2.24, 2.45) is 0 Å². The zero-order valence-corrected chi connectivity index (χ0v) is 11.8. The number of nitrogens with zero attached hydrogens (tertiary/aromatic N) is 2. The van der Waals surface area contributed by atoms with Crippen molar-refractivity contribution < 1.29 is 4.39 Å². The van der Waals surface area contributed by atoms with E-state index in [-0.39, 0.29) is 16.8 Å². The molecule has 98 valence electrons. The molecular weight excluding hydrogens is 229 g/mol. The normalized spacial score (nSPS) is 13.3. The molecule has 2 aromatic rings. The van der Waals surface area contributed by atoms with Crippen LogP contribution in [-0.2, 0) is 10.8 Å². The number of rotatable bonds is 0. The highest BCUT2D eigenvalue weighted by atomic mass is 19.1. The Labute approximate surface area is 107 Å². The Bertz CT molecular complexity index is 585.